The van der Waals surface area contributed by atoms with Gasteiger partial charge in [0.1, 0.15) is 0 Å². The molecule has 0 aliphatic heterocycles. The molecule has 0 aromatic carbocycles. The summed E-state index contributed by atoms with van der Waals surface area (Å²) < 4.78 is 0. The molecule has 0 bridgehead atoms. The second kappa shape index (κ2) is 15.7. The van der Waals surface area contributed by atoms with Gasteiger partial charge in [0.2, 0.25) is 0 Å². The van der Waals surface area contributed by atoms with Crippen LogP contribution in [0.5, 0.6) is 0 Å². The predicted octanol–water partition coefficient (Wildman–Crippen LogP) is -9.26. The largest absolute Gasteiger partial charge is 1.00 e. The van der Waals surface area contributed by atoms with Crippen molar-refractivity contribution in [2.75, 3.05) is 0 Å². The normalized spacial score (nSPS) is 0. The fourth-order valence-electron chi connectivity index (χ4n) is 0. The van der Waals surface area contributed by atoms with Crippen LogP contribution in [-0.2, 0) is 13.5 Å². The van der Waals surface area contributed by atoms with Crippen LogP contribution in [0.4, 0.5) is 0 Å². The Labute approximate surface area is 161 Å². The van der Waals surface area contributed by atoms with Gasteiger partial charge in [-0.05, 0) is 0 Å². The van der Waals surface area contributed by atoms with E-state index in [9.17, 15) is 0 Å². The first-order valence-electron chi connectivity index (χ1n) is 0. The predicted molar refractivity (Wildman–Crippen MR) is 8.76 cm³/mol. The van der Waals surface area contributed by atoms with Crippen LogP contribution in [-0.4, -0.2) is 0 Å². The molecule has 0 heterocycles. The Balaban J connectivity index is 0. The summed E-state index contributed by atoms with van der Waals surface area (Å²) in [4.78, 5) is 0. The first-order chi connectivity index (χ1) is 0. The van der Waals surface area contributed by atoms with Crippen molar-refractivity contribution in [3.8, 4) is 0 Å². The van der Waals surface area contributed by atoms with Gasteiger partial charge in [0, 0.05) is 0 Å². The van der Waals surface area contributed by atoms with Gasteiger partial charge < -0.3 is 13.5 Å². The summed E-state index contributed by atoms with van der Waals surface area (Å²) in [6, 6.07) is 0. The summed E-state index contributed by atoms with van der Waals surface area (Å²) in [5.74, 6) is 0. The molecule has 0 unspecified atom stereocenters. The molecule has 0 atom stereocenters. The van der Waals surface area contributed by atoms with Crippen LogP contribution < -0.4 is 154 Å². The molecule has 0 radical (unpaired) electrons. The third-order valence-corrected chi connectivity index (χ3v) is 0. The number of thiol groups is 1. The fraction of sp³-hybridized carbons (Fsp3) is 0. The van der Waals surface area contributed by atoms with E-state index >= 15 is 0 Å². The zero-order valence-corrected chi connectivity index (χ0v) is 13.7. The van der Waals surface area contributed by atoms with Crippen LogP contribution in [0.1, 0.15) is 0 Å². The van der Waals surface area contributed by atoms with Gasteiger partial charge in [-0.3, -0.25) is 0 Å². The van der Waals surface area contributed by atoms with Gasteiger partial charge >= 0.3 is 154 Å². The van der Waals surface area contributed by atoms with Crippen molar-refractivity contribution in [1.82, 2.24) is 0 Å². The molecule has 0 saturated carbocycles. The van der Waals surface area contributed by atoms with E-state index in [1.807, 2.05) is 0 Å². The molecule has 0 fully saturated rings. The molecule has 0 N–H and O–H groups in total. The summed E-state index contributed by atoms with van der Waals surface area (Å²) in [5, 5.41) is 0. The topological polar surface area (TPSA) is 0 Å². The van der Waals surface area contributed by atoms with Crippen molar-refractivity contribution in [2.24, 2.45) is 0 Å². The van der Waals surface area contributed by atoms with Gasteiger partial charge in [-0.15, -0.1) is 0 Å². The van der Waals surface area contributed by atoms with Crippen LogP contribution in [0.25, 0.3) is 0 Å². The van der Waals surface area contributed by atoms with Gasteiger partial charge in [0.15, 0.2) is 0 Å². The quantitative estimate of drug-likeness (QED) is 0.188. The van der Waals surface area contributed by atoms with Crippen molar-refractivity contribution >= 4 is 13.5 Å². The zero-order valence-electron chi connectivity index (χ0n) is 3.45. The zero-order chi connectivity index (χ0) is 0. The van der Waals surface area contributed by atoms with Gasteiger partial charge in [-0.2, -0.15) is 0 Å². The van der Waals surface area contributed by atoms with E-state index in [2.05, 4.69) is 0 Å². The smallest absolute Gasteiger partial charge is 0.813 e. The molecular weight excluding hydrogens is 149 g/mol. The van der Waals surface area contributed by atoms with Crippen molar-refractivity contribution < 1.29 is 154 Å². The standard InChI is InChI=1S/3K.H2S/h;;;1H2/q3*+1;/p-1. The molecule has 0 rings (SSSR count). The Kier molecular flexibility index (Phi) is 89.8. The Bertz CT molecular complexity index is 3.25. The molecule has 0 spiro atoms. The van der Waals surface area contributed by atoms with Gasteiger partial charge in [-0.1, -0.05) is 0 Å². The van der Waals surface area contributed by atoms with E-state index in [0.29, 0.717) is 0 Å². The second-order valence-electron chi connectivity index (χ2n) is 0. The molecule has 8 valence electrons. The Morgan fingerprint density at radius 2 is 0.500 bits per heavy atom. The van der Waals surface area contributed by atoms with Gasteiger partial charge in [0.25, 0.3) is 0 Å². The summed E-state index contributed by atoms with van der Waals surface area (Å²) in [6.07, 6.45) is 0. The Morgan fingerprint density at radius 3 is 0.500 bits per heavy atom. The molecule has 0 aliphatic carbocycles. The number of rotatable bonds is 0. The molecule has 4 heteroatoms. The van der Waals surface area contributed by atoms with E-state index < -0.39 is 0 Å². The third-order valence-electron chi connectivity index (χ3n) is 0. The molecular formula is HK3S+2. The van der Waals surface area contributed by atoms with Crippen LogP contribution in [0.2, 0.25) is 0 Å². The molecule has 0 saturated heterocycles. The average molecular weight is 150 g/mol. The van der Waals surface area contributed by atoms with Gasteiger partial charge in [0.05, 0.1) is 0 Å². The minimum atomic E-state index is 0. The van der Waals surface area contributed by atoms with E-state index in [1.54, 1.807) is 0 Å². The van der Waals surface area contributed by atoms with Crippen LogP contribution >= 0.6 is 0 Å². The average Bonchev–Trinajstić information content (AvgIpc) is 0. The van der Waals surface area contributed by atoms with Crippen molar-refractivity contribution in [3.05, 3.63) is 0 Å². The first-order valence-corrected chi connectivity index (χ1v) is 0. The molecule has 0 amide bonds. The Hall–Kier alpha value is 5.26. The minimum absolute atomic E-state index is 0. The van der Waals surface area contributed by atoms with E-state index in [1.165, 1.54) is 0 Å². The fourth-order valence-corrected chi connectivity index (χ4v) is 0. The number of hydrogen-bond acceptors (Lipinski definition) is 1. The summed E-state index contributed by atoms with van der Waals surface area (Å²) in [5.41, 5.74) is 0. The maximum Gasteiger partial charge on any atom is 1.00 e. The second-order valence-corrected chi connectivity index (χ2v) is 0. The maximum atomic E-state index is 0. The van der Waals surface area contributed by atoms with Crippen molar-refractivity contribution in [2.45, 2.75) is 0 Å². The molecule has 0 aromatic rings. The van der Waals surface area contributed by atoms with Gasteiger partial charge in [-0.25, -0.2) is 0 Å². The summed E-state index contributed by atoms with van der Waals surface area (Å²) in [6.45, 7) is 0. The van der Waals surface area contributed by atoms with Crippen LogP contribution in [0, 0.1) is 0 Å². The Morgan fingerprint density at radius 1 is 0.500 bits per heavy atom. The van der Waals surface area contributed by atoms with Crippen molar-refractivity contribution in [3.63, 3.8) is 0 Å². The summed E-state index contributed by atoms with van der Waals surface area (Å²) in [7, 11) is 0. The van der Waals surface area contributed by atoms with Crippen molar-refractivity contribution in [1.29, 1.82) is 0 Å². The molecule has 0 aliphatic rings. The van der Waals surface area contributed by atoms with Crippen LogP contribution in [0.15, 0.2) is 0 Å². The SMILES string of the molecule is [K+].[K+].[K+].[SH-]. The third kappa shape index (κ3) is 10.3. The van der Waals surface area contributed by atoms with E-state index in [0.717, 1.165) is 0 Å². The molecule has 0 aromatic heterocycles. The minimum Gasteiger partial charge on any atom is -0.813 e. The first kappa shape index (κ1) is 22.8. The summed E-state index contributed by atoms with van der Waals surface area (Å²) >= 11 is 0. The molecule has 4 heavy (non-hydrogen) atoms. The maximum absolute atomic E-state index is 0. The van der Waals surface area contributed by atoms with E-state index in [4.69, 9.17) is 0 Å². The van der Waals surface area contributed by atoms with E-state index in [-0.39, 0.29) is 168 Å². The molecule has 0 nitrogen and oxygen atoms in total. The van der Waals surface area contributed by atoms with Crippen LogP contribution in [0.3, 0.4) is 0 Å². The monoisotopic (exact) mass is 150 g/mol. The number of hydrogen-bond donors (Lipinski definition) is 0.